The highest BCUT2D eigenvalue weighted by atomic mass is 16.3. The lowest BCUT2D eigenvalue weighted by Gasteiger charge is -2.33. The van der Waals surface area contributed by atoms with Crippen molar-refractivity contribution in [1.29, 1.82) is 5.26 Å². The van der Waals surface area contributed by atoms with E-state index < -0.39 is 0 Å². The van der Waals surface area contributed by atoms with Crippen LogP contribution in [0.4, 0.5) is 5.69 Å². The molecule has 2 aromatic heterocycles. The van der Waals surface area contributed by atoms with Crippen molar-refractivity contribution in [3.8, 4) is 6.07 Å². The molecule has 1 saturated heterocycles. The maximum atomic E-state index is 12.9. The average Bonchev–Trinajstić information content (AvgIpc) is 3.24. The molecule has 6 heteroatoms. The number of aryl methyl sites for hydroxylation is 2. The van der Waals surface area contributed by atoms with Crippen LogP contribution in [-0.4, -0.2) is 22.6 Å². The van der Waals surface area contributed by atoms with Crippen molar-refractivity contribution in [1.82, 2.24) is 9.55 Å². The van der Waals surface area contributed by atoms with E-state index >= 15 is 0 Å². The van der Waals surface area contributed by atoms with Crippen molar-refractivity contribution in [2.45, 2.75) is 45.4 Å². The molecule has 0 spiro atoms. The lowest BCUT2D eigenvalue weighted by atomic mass is 9.95. The molecule has 0 bridgehead atoms. The SMILES string of the molecule is Cc1ccc2c(c1)c(N1CCC(c3nc4cc(C(C)C)ccc4o3)CC1)c(C#N)c(=O)n2C. The summed E-state index contributed by atoms with van der Waals surface area (Å²) in [6, 6.07) is 14.5. The fraction of sp³-hybridized carbons (Fsp3) is 0.370. The molecule has 1 fully saturated rings. The fourth-order valence-electron chi connectivity index (χ4n) is 4.92. The van der Waals surface area contributed by atoms with E-state index in [0.29, 0.717) is 5.92 Å². The number of hydrogen-bond acceptors (Lipinski definition) is 5. The van der Waals surface area contributed by atoms with E-state index in [1.165, 1.54) is 5.56 Å². The fourth-order valence-corrected chi connectivity index (χ4v) is 4.92. The minimum Gasteiger partial charge on any atom is -0.440 e. The number of piperidine rings is 1. The van der Waals surface area contributed by atoms with Gasteiger partial charge in [-0.05, 0) is 55.5 Å². The Balaban J connectivity index is 1.47. The van der Waals surface area contributed by atoms with Gasteiger partial charge >= 0.3 is 0 Å². The molecular weight excluding hydrogens is 412 g/mol. The van der Waals surface area contributed by atoms with Gasteiger partial charge in [-0.15, -0.1) is 0 Å². The molecule has 0 atom stereocenters. The molecular formula is C27H28N4O2. The van der Waals surface area contributed by atoms with E-state index in [2.05, 4.69) is 43.0 Å². The molecule has 1 aliphatic rings. The topological polar surface area (TPSA) is 75.1 Å². The monoisotopic (exact) mass is 440 g/mol. The quantitative estimate of drug-likeness (QED) is 0.428. The predicted molar refractivity (Wildman–Crippen MR) is 131 cm³/mol. The second-order valence-corrected chi connectivity index (χ2v) is 9.42. The van der Waals surface area contributed by atoms with Crippen LogP contribution in [0.15, 0.2) is 45.6 Å². The maximum absolute atomic E-state index is 12.9. The van der Waals surface area contributed by atoms with Crippen LogP contribution in [0.5, 0.6) is 0 Å². The zero-order valence-corrected chi connectivity index (χ0v) is 19.6. The van der Waals surface area contributed by atoms with Gasteiger partial charge in [-0.2, -0.15) is 5.26 Å². The molecule has 1 aliphatic heterocycles. The first-order valence-electron chi connectivity index (χ1n) is 11.6. The Hall–Kier alpha value is -3.59. The lowest BCUT2D eigenvalue weighted by molar-refractivity contribution is 0.407. The first-order chi connectivity index (χ1) is 15.9. The first-order valence-corrected chi connectivity index (χ1v) is 11.6. The van der Waals surface area contributed by atoms with Gasteiger partial charge in [-0.1, -0.05) is 31.5 Å². The number of benzene rings is 2. The van der Waals surface area contributed by atoms with E-state index in [4.69, 9.17) is 9.40 Å². The van der Waals surface area contributed by atoms with Gasteiger partial charge in [0.1, 0.15) is 17.1 Å². The number of anilines is 1. The van der Waals surface area contributed by atoms with E-state index in [1.807, 2.05) is 25.1 Å². The molecule has 4 aromatic rings. The van der Waals surface area contributed by atoms with Crippen molar-refractivity contribution in [3.05, 3.63) is 69.3 Å². The number of hydrogen-bond donors (Lipinski definition) is 0. The highest BCUT2D eigenvalue weighted by Gasteiger charge is 2.28. The number of rotatable bonds is 3. The van der Waals surface area contributed by atoms with Gasteiger partial charge in [0.2, 0.25) is 0 Å². The summed E-state index contributed by atoms with van der Waals surface area (Å²) in [6.45, 7) is 7.87. The Kier molecular flexibility index (Phi) is 5.20. The minimum absolute atomic E-state index is 0.220. The number of oxazole rings is 1. The molecule has 3 heterocycles. The average molecular weight is 441 g/mol. The van der Waals surface area contributed by atoms with E-state index in [0.717, 1.165) is 65.1 Å². The summed E-state index contributed by atoms with van der Waals surface area (Å²) in [5.74, 6) is 1.46. The van der Waals surface area contributed by atoms with Crippen molar-refractivity contribution >= 4 is 27.7 Å². The van der Waals surface area contributed by atoms with Crippen LogP contribution in [0.1, 0.15) is 61.1 Å². The van der Waals surface area contributed by atoms with Gasteiger partial charge in [0.15, 0.2) is 11.5 Å². The van der Waals surface area contributed by atoms with E-state index in [1.54, 1.807) is 11.6 Å². The van der Waals surface area contributed by atoms with E-state index in [9.17, 15) is 10.1 Å². The van der Waals surface area contributed by atoms with Crippen LogP contribution in [-0.2, 0) is 7.05 Å². The highest BCUT2D eigenvalue weighted by Crippen LogP contribution is 2.36. The summed E-state index contributed by atoms with van der Waals surface area (Å²) in [6.07, 6.45) is 1.72. The third-order valence-electron chi connectivity index (χ3n) is 6.89. The molecule has 0 saturated carbocycles. The van der Waals surface area contributed by atoms with Crippen LogP contribution in [0.3, 0.4) is 0 Å². The van der Waals surface area contributed by atoms with E-state index in [-0.39, 0.29) is 17.0 Å². The van der Waals surface area contributed by atoms with Crippen molar-refractivity contribution in [2.24, 2.45) is 7.05 Å². The number of nitriles is 1. The number of aromatic nitrogens is 2. The Bertz CT molecular complexity index is 1460. The summed E-state index contributed by atoms with van der Waals surface area (Å²) in [7, 11) is 1.73. The summed E-state index contributed by atoms with van der Waals surface area (Å²) in [4.78, 5) is 19.9. The Morgan fingerprint density at radius 2 is 1.91 bits per heavy atom. The third-order valence-corrected chi connectivity index (χ3v) is 6.89. The van der Waals surface area contributed by atoms with Crippen LogP contribution < -0.4 is 10.5 Å². The van der Waals surface area contributed by atoms with Crippen LogP contribution in [0, 0.1) is 18.3 Å². The molecule has 0 aliphatic carbocycles. The molecule has 168 valence electrons. The Morgan fingerprint density at radius 1 is 1.15 bits per heavy atom. The summed E-state index contributed by atoms with van der Waals surface area (Å²) >= 11 is 0. The van der Waals surface area contributed by atoms with Gasteiger partial charge < -0.3 is 13.9 Å². The smallest absolute Gasteiger partial charge is 0.270 e. The van der Waals surface area contributed by atoms with Crippen molar-refractivity contribution in [3.63, 3.8) is 0 Å². The predicted octanol–water partition coefficient (Wildman–Crippen LogP) is 5.37. The van der Waals surface area contributed by atoms with Crippen molar-refractivity contribution in [2.75, 3.05) is 18.0 Å². The number of nitrogens with zero attached hydrogens (tertiary/aromatic N) is 4. The molecule has 0 radical (unpaired) electrons. The van der Waals surface area contributed by atoms with Crippen LogP contribution in [0.25, 0.3) is 22.0 Å². The van der Waals surface area contributed by atoms with Gasteiger partial charge in [0.25, 0.3) is 5.56 Å². The molecule has 0 N–H and O–H groups in total. The number of pyridine rings is 1. The number of fused-ring (bicyclic) bond motifs is 2. The van der Waals surface area contributed by atoms with Crippen molar-refractivity contribution < 1.29 is 4.42 Å². The van der Waals surface area contributed by atoms with Crippen LogP contribution >= 0.6 is 0 Å². The normalized spacial score (nSPS) is 15.0. The van der Waals surface area contributed by atoms with Crippen LogP contribution in [0.2, 0.25) is 0 Å². The third kappa shape index (κ3) is 3.58. The summed E-state index contributed by atoms with van der Waals surface area (Å²) < 4.78 is 7.69. The molecule has 33 heavy (non-hydrogen) atoms. The van der Waals surface area contributed by atoms with Gasteiger partial charge in [0, 0.05) is 31.4 Å². The summed E-state index contributed by atoms with van der Waals surface area (Å²) in [5.41, 5.74) is 5.69. The largest absolute Gasteiger partial charge is 0.440 e. The van der Waals surface area contributed by atoms with Gasteiger partial charge in [0.05, 0.1) is 11.2 Å². The molecule has 6 nitrogen and oxygen atoms in total. The Morgan fingerprint density at radius 3 is 2.61 bits per heavy atom. The van der Waals surface area contributed by atoms with Gasteiger partial charge in [-0.3, -0.25) is 4.79 Å². The minimum atomic E-state index is -0.245. The Labute approximate surface area is 193 Å². The second kappa shape index (κ2) is 8.08. The summed E-state index contributed by atoms with van der Waals surface area (Å²) in [5, 5.41) is 10.8. The molecule has 2 aromatic carbocycles. The molecule has 0 unspecified atom stereocenters. The molecule has 5 rings (SSSR count). The second-order valence-electron chi connectivity index (χ2n) is 9.42. The lowest BCUT2D eigenvalue weighted by Crippen LogP contribution is -2.35. The zero-order chi connectivity index (χ0) is 23.3. The van der Waals surface area contributed by atoms with Gasteiger partial charge in [-0.25, -0.2) is 4.98 Å². The highest BCUT2D eigenvalue weighted by molar-refractivity contribution is 5.95. The molecule has 0 amide bonds. The standard InChI is InChI=1S/C27H28N4O2/c1-16(2)19-6-8-24-22(14-19)29-26(33-24)18-9-11-31(12-10-18)25-20-13-17(3)5-7-23(20)30(4)27(32)21(25)15-28/h5-8,13-14,16,18H,9-12H2,1-4H3. The zero-order valence-electron chi connectivity index (χ0n) is 19.6. The maximum Gasteiger partial charge on any atom is 0.270 e. The first kappa shape index (κ1) is 21.3.